The number of aromatic nitrogens is 4. The molecular weight excluding hydrogens is 464 g/mol. The van der Waals surface area contributed by atoms with Gasteiger partial charge in [0, 0.05) is 13.5 Å². The summed E-state index contributed by atoms with van der Waals surface area (Å²) in [5.41, 5.74) is 2.21. The van der Waals surface area contributed by atoms with Crippen LogP contribution >= 0.6 is 0 Å². The largest absolute Gasteiger partial charge is 0.489 e. The number of carbonyl (C=O) groups is 2. The van der Waals surface area contributed by atoms with Crippen molar-refractivity contribution in [1.29, 1.82) is 0 Å². The van der Waals surface area contributed by atoms with E-state index in [4.69, 9.17) is 9.47 Å². The third-order valence-electron chi connectivity index (χ3n) is 5.97. The molecule has 1 aliphatic rings. The van der Waals surface area contributed by atoms with Crippen molar-refractivity contribution in [3.63, 3.8) is 0 Å². The lowest BCUT2D eigenvalue weighted by Gasteiger charge is -2.27. The van der Waals surface area contributed by atoms with Crippen LogP contribution in [0.5, 0.6) is 5.75 Å². The number of alkyl halides is 2. The number of alkyl carbamates (subject to hydrolysis) is 1. The fourth-order valence-electron chi connectivity index (χ4n) is 4.03. The van der Waals surface area contributed by atoms with Crippen LogP contribution in [0, 0.1) is 18.8 Å². The number of nitrogens with zero attached hydrogens (tertiary/aromatic N) is 4. The van der Waals surface area contributed by atoms with Gasteiger partial charge in [0.05, 0.1) is 42.3 Å². The smallest absolute Gasteiger partial charge is 0.407 e. The van der Waals surface area contributed by atoms with Gasteiger partial charge >= 0.3 is 12.1 Å². The molecule has 192 valence electrons. The van der Waals surface area contributed by atoms with Crippen molar-refractivity contribution in [3.05, 3.63) is 23.5 Å². The second-order valence-corrected chi connectivity index (χ2v) is 8.91. The standard InChI is InChI=1S/C23H31F2N5O5/c1-13(9-20(24)25)12-34-23(33)26-11-18-21(28-29-30(18)3)17-7-8-19(14(2)27-17)35-16-6-4-5-15(10-16)22(31)32/h7-8,13,15-16,20H,4-6,9-12H2,1-3H3,(H,26,33)(H,31,32)/t13?,15-,16-/m0/s1. The van der Waals surface area contributed by atoms with E-state index in [0.717, 1.165) is 12.8 Å². The van der Waals surface area contributed by atoms with Crippen molar-refractivity contribution in [2.24, 2.45) is 18.9 Å². The SMILES string of the molecule is Cc1nc(-c2nnn(C)c2CNC(=O)OCC(C)CC(F)F)ccc1O[C@H]1CCC[C@H](C(=O)O)C1. The Hall–Kier alpha value is -3.31. The van der Waals surface area contributed by atoms with Gasteiger partial charge in [-0.15, -0.1) is 5.10 Å². The molecule has 2 N–H and O–H groups in total. The Morgan fingerprint density at radius 1 is 1.31 bits per heavy atom. The van der Waals surface area contributed by atoms with Gasteiger partial charge in [-0.25, -0.2) is 23.2 Å². The Labute approximate surface area is 202 Å². The van der Waals surface area contributed by atoms with Crippen molar-refractivity contribution in [1.82, 2.24) is 25.3 Å². The summed E-state index contributed by atoms with van der Waals surface area (Å²) in [6.07, 6.45) is -0.964. The zero-order valence-corrected chi connectivity index (χ0v) is 20.0. The fraction of sp³-hybridized carbons (Fsp3) is 0.609. The molecule has 0 spiro atoms. The van der Waals surface area contributed by atoms with E-state index in [1.807, 2.05) is 0 Å². The van der Waals surface area contributed by atoms with Gasteiger partial charge in [-0.3, -0.25) is 4.79 Å². The van der Waals surface area contributed by atoms with Crippen LogP contribution in [0.2, 0.25) is 0 Å². The quantitative estimate of drug-likeness (QED) is 0.510. The van der Waals surface area contributed by atoms with Crippen LogP contribution in [-0.4, -0.2) is 56.3 Å². The minimum absolute atomic E-state index is 0.0541. The molecule has 1 amide bonds. The summed E-state index contributed by atoms with van der Waals surface area (Å²) in [5, 5.41) is 20.0. The van der Waals surface area contributed by atoms with E-state index in [1.165, 1.54) is 4.68 Å². The van der Waals surface area contributed by atoms with E-state index in [9.17, 15) is 23.5 Å². The summed E-state index contributed by atoms with van der Waals surface area (Å²) < 4.78 is 37.4. The summed E-state index contributed by atoms with van der Waals surface area (Å²) in [7, 11) is 1.68. The maximum atomic E-state index is 12.4. The Morgan fingerprint density at radius 3 is 2.77 bits per heavy atom. The minimum Gasteiger partial charge on any atom is -0.489 e. The highest BCUT2D eigenvalue weighted by molar-refractivity contribution is 5.70. The van der Waals surface area contributed by atoms with Crippen LogP contribution in [0.4, 0.5) is 13.6 Å². The van der Waals surface area contributed by atoms with Crippen molar-refractivity contribution in [2.75, 3.05) is 6.61 Å². The van der Waals surface area contributed by atoms with Crippen molar-refractivity contribution < 1.29 is 33.0 Å². The molecule has 2 aromatic rings. The minimum atomic E-state index is -2.45. The highest BCUT2D eigenvalue weighted by Gasteiger charge is 2.28. The lowest BCUT2D eigenvalue weighted by Crippen LogP contribution is -2.29. The average molecular weight is 496 g/mol. The second kappa shape index (κ2) is 11.9. The number of aryl methyl sites for hydroxylation is 2. The Morgan fingerprint density at radius 2 is 2.09 bits per heavy atom. The molecule has 2 heterocycles. The number of rotatable bonds is 10. The number of nitrogens with one attached hydrogen (secondary N) is 1. The summed E-state index contributed by atoms with van der Waals surface area (Å²) in [6.45, 7) is 3.33. The van der Waals surface area contributed by atoms with Crippen LogP contribution < -0.4 is 10.1 Å². The van der Waals surface area contributed by atoms with E-state index < -0.39 is 30.3 Å². The highest BCUT2D eigenvalue weighted by Crippen LogP contribution is 2.30. The molecule has 12 heteroatoms. The van der Waals surface area contributed by atoms with Crippen molar-refractivity contribution >= 4 is 12.1 Å². The maximum absolute atomic E-state index is 12.4. The summed E-state index contributed by atoms with van der Waals surface area (Å²) in [5.74, 6) is -1.06. The average Bonchev–Trinajstić information content (AvgIpc) is 3.17. The number of amides is 1. The number of halogens is 2. The van der Waals surface area contributed by atoms with E-state index in [-0.39, 0.29) is 25.7 Å². The van der Waals surface area contributed by atoms with Crippen LogP contribution in [0.25, 0.3) is 11.4 Å². The summed E-state index contributed by atoms with van der Waals surface area (Å²) in [4.78, 5) is 27.9. The first-order valence-electron chi connectivity index (χ1n) is 11.6. The van der Waals surface area contributed by atoms with Crippen LogP contribution in [-0.2, 0) is 23.1 Å². The van der Waals surface area contributed by atoms with Gasteiger partial charge in [0.2, 0.25) is 6.43 Å². The molecule has 0 radical (unpaired) electrons. The summed E-state index contributed by atoms with van der Waals surface area (Å²) in [6, 6.07) is 3.50. The first-order chi connectivity index (χ1) is 16.6. The van der Waals surface area contributed by atoms with Gasteiger partial charge in [0.15, 0.2) is 0 Å². The van der Waals surface area contributed by atoms with Crippen LogP contribution in [0.1, 0.15) is 50.4 Å². The molecule has 1 unspecified atom stereocenters. The zero-order valence-electron chi connectivity index (χ0n) is 20.0. The molecule has 0 bridgehead atoms. The molecule has 0 aliphatic heterocycles. The number of carbonyl (C=O) groups excluding carboxylic acids is 1. The number of carboxylic acids is 1. The van der Waals surface area contributed by atoms with E-state index in [0.29, 0.717) is 41.4 Å². The third-order valence-corrected chi connectivity index (χ3v) is 5.97. The number of pyridine rings is 1. The van der Waals surface area contributed by atoms with Crippen molar-refractivity contribution in [2.45, 2.75) is 65.0 Å². The maximum Gasteiger partial charge on any atom is 0.407 e. The molecule has 1 saturated carbocycles. The second-order valence-electron chi connectivity index (χ2n) is 8.91. The van der Waals surface area contributed by atoms with E-state index >= 15 is 0 Å². The van der Waals surface area contributed by atoms with Gasteiger partial charge in [-0.2, -0.15) is 0 Å². The van der Waals surface area contributed by atoms with Gasteiger partial charge in [0.25, 0.3) is 0 Å². The molecule has 1 aliphatic carbocycles. The fourth-order valence-corrected chi connectivity index (χ4v) is 4.03. The van der Waals surface area contributed by atoms with E-state index in [1.54, 1.807) is 33.0 Å². The number of hydrogen-bond acceptors (Lipinski definition) is 7. The Balaban J connectivity index is 1.62. The molecule has 1 fully saturated rings. The van der Waals surface area contributed by atoms with Crippen LogP contribution in [0.15, 0.2) is 12.1 Å². The number of ether oxygens (including phenoxy) is 2. The van der Waals surface area contributed by atoms with Gasteiger partial charge in [-0.1, -0.05) is 12.1 Å². The monoisotopic (exact) mass is 495 g/mol. The number of hydrogen-bond donors (Lipinski definition) is 2. The van der Waals surface area contributed by atoms with Crippen LogP contribution in [0.3, 0.4) is 0 Å². The van der Waals surface area contributed by atoms with Gasteiger partial charge < -0.3 is 19.9 Å². The van der Waals surface area contributed by atoms with Gasteiger partial charge in [-0.05, 0) is 50.7 Å². The predicted octanol–water partition coefficient (Wildman–Crippen LogP) is 3.73. The highest BCUT2D eigenvalue weighted by atomic mass is 19.3. The topological polar surface area (TPSA) is 128 Å². The van der Waals surface area contributed by atoms with Gasteiger partial charge in [0.1, 0.15) is 11.4 Å². The molecule has 0 saturated heterocycles. The lowest BCUT2D eigenvalue weighted by molar-refractivity contribution is -0.143. The molecule has 0 aromatic carbocycles. The Kier molecular flexibility index (Phi) is 8.94. The lowest BCUT2D eigenvalue weighted by atomic mass is 9.87. The first kappa shape index (κ1) is 26.3. The molecule has 35 heavy (non-hydrogen) atoms. The first-order valence-corrected chi connectivity index (χ1v) is 11.6. The molecule has 3 atom stereocenters. The third kappa shape index (κ3) is 7.33. The molecular formula is C23H31F2N5O5. The molecule has 3 rings (SSSR count). The molecule has 10 nitrogen and oxygen atoms in total. The zero-order chi connectivity index (χ0) is 25.5. The predicted molar refractivity (Wildman–Crippen MR) is 121 cm³/mol. The molecule has 2 aromatic heterocycles. The van der Waals surface area contributed by atoms with E-state index in [2.05, 4.69) is 20.6 Å². The number of carboxylic acid groups (broad SMARTS) is 1. The normalized spacial score (nSPS) is 18.8. The summed E-state index contributed by atoms with van der Waals surface area (Å²) >= 11 is 0. The number of aliphatic carboxylic acids is 1. The van der Waals surface area contributed by atoms with Crippen molar-refractivity contribution in [3.8, 4) is 17.1 Å². The Bertz CT molecular complexity index is 1030.